The predicted octanol–water partition coefficient (Wildman–Crippen LogP) is 2.46. The topological polar surface area (TPSA) is 107 Å². The summed E-state index contributed by atoms with van der Waals surface area (Å²) >= 11 is 0. The summed E-state index contributed by atoms with van der Waals surface area (Å²) in [6.45, 7) is 9.79. The van der Waals surface area contributed by atoms with E-state index in [0.29, 0.717) is 25.8 Å². The number of aliphatic hydroxyl groups is 1. The summed E-state index contributed by atoms with van der Waals surface area (Å²) in [5, 5.41) is 20.4. The Morgan fingerprint density at radius 2 is 1.97 bits per heavy atom. The summed E-state index contributed by atoms with van der Waals surface area (Å²) in [7, 11) is 0. The van der Waals surface area contributed by atoms with Gasteiger partial charge in [0.05, 0.1) is 30.1 Å². The first-order chi connectivity index (χ1) is 16.6. The molecule has 2 unspecified atom stereocenters. The average Bonchev–Trinajstić information content (AvgIpc) is 3.38. The van der Waals surface area contributed by atoms with Gasteiger partial charge in [-0.25, -0.2) is 0 Å². The van der Waals surface area contributed by atoms with Gasteiger partial charge >= 0.3 is 5.97 Å². The first kappa shape index (κ1) is 25.4. The second-order valence-corrected chi connectivity index (χ2v) is 10.8. The number of carbonyl (C=O) groups is 3. The van der Waals surface area contributed by atoms with E-state index >= 15 is 0 Å². The van der Waals surface area contributed by atoms with Crippen molar-refractivity contribution < 1.29 is 29.3 Å². The molecule has 3 saturated heterocycles. The molecule has 8 nitrogen and oxygen atoms in total. The predicted molar refractivity (Wildman–Crippen MR) is 129 cm³/mol. The molecule has 1 aromatic rings. The van der Waals surface area contributed by atoms with Crippen LogP contribution in [0.3, 0.4) is 0 Å². The second kappa shape index (κ2) is 9.39. The number of nitrogens with zero attached hydrogens (tertiary/aromatic N) is 2. The van der Waals surface area contributed by atoms with Crippen LogP contribution in [-0.2, 0) is 25.7 Å². The largest absolute Gasteiger partial charge is 0.481 e. The van der Waals surface area contributed by atoms with E-state index in [4.69, 9.17) is 4.74 Å². The molecule has 3 fully saturated rings. The van der Waals surface area contributed by atoms with Crippen molar-refractivity contribution in [3.8, 4) is 0 Å². The molecule has 3 heterocycles. The summed E-state index contributed by atoms with van der Waals surface area (Å²) in [5.74, 6) is -3.63. The van der Waals surface area contributed by atoms with Crippen LogP contribution in [0.15, 0.2) is 43.0 Å². The molecule has 1 spiro atoms. The smallest absolute Gasteiger partial charge is 0.310 e. The standard InChI is InChI=1S/C27H36N2O6/c1-5-13-28(15-18-9-7-6-8-10-18)24(32)22-27-12-11-26(4,35-27)21(25(33)34)20(27)23(31)29(22)19(16-30)14-17(2)3/h5-10,17,19-22,30H,1,11-16H2,2-4H3,(H,33,34)/t19-,20+,21+,22?,26-,27?/m1/s1. The number of aliphatic hydroxyl groups excluding tert-OH is 1. The summed E-state index contributed by atoms with van der Waals surface area (Å²) in [6, 6.07) is 7.94. The lowest BCUT2D eigenvalue weighted by Crippen LogP contribution is -2.58. The maximum atomic E-state index is 14.3. The first-order valence-electron chi connectivity index (χ1n) is 12.4. The number of amides is 2. The lowest BCUT2D eigenvalue weighted by atomic mass is 9.66. The van der Waals surface area contributed by atoms with Gasteiger partial charge in [0.1, 0.15) is 11.6 Å². The number of likely N-dealkylation sites (tertiary alicyclic amines) is 1. The van der Waals surface area contributed by atoms with Crippen LogP contribution in [0.2, 0.25) is 0 Å². The van der Waals surface area contributed by atoms with Crippen LogP contribution in [0, 0.1) is 17.8 Å². The van der Waals surface area contributed by atoms with Gasteiger partial charge in [0.2, 0.25) is 11.8 Å². The van der Waals surface area contributed by atoms with Gasteiger partial charge in [-0.2, -0.15) is 0 Å². The van der Waals surface area contributed by atoms with Crippen molar-refractivity contribution in [1.82, 2.24) is 9.80 Å². The Morgan fingerprint density at radius 1 is 1.29 bits per heavy atom. The monoisotopic (exact) mass is 484 g/mol. The van der Waals surface area contributed by atoms with E-state index in [1.807, 2.05) is 44.2 Å². The molecule has 3 aliphatic rings. The number of ether oxygens (including phenoxy) is 1. The van der Waals surface area contributed by atoms with E-state index in [1.54, 1.807) is 17.9 Å². The summed E-state index contributed by atoms with van der Waals surface area (Å²) in [5.41, 5.74) is -1.31. The third kappa shape index (κ3) is 4.06. The second-order valence-electron chi connectivity index (χ2n) is 10.8. The van der Waals surface area contributed by atoms with Gasteiger partial charge in [-0.3, -0.25) is 14.4 Å². The van der Waals surface area contributed by atoms with E-state index < -0.39 is 47.0 Å². The zero-order chi connectivity index (χ0) is 25.5. The van der Waals surface area contributed by atoms with Crippen LogP contribution in [0.1, 0.15) is 45.6 Å². The van der Waals surface area contributed by atoms with Crippen molar-refractivity contribution in [3.05, 3.63) is 48.6 Å². The molecule has 2 amide bonds. The van der Waals surface area contributed by atoms with Gasteiger partial charge in [-0.1, -0.05) is 50.3 Å². The van der Waals surface area contributed by atoms with E-state index in [9.17, 15) is 24.6 Å². The minimum absolute atomic E-state index is 0.160. The number of carbonyl (C=O) groups excluding carboxylic acids is 2. The van der Waals surface area contributed by atoms with Gasteiger partial charge in [0.25, 0.3) is 0 Å². The molecule has 2 bridgehead atoms. The lowest BCUT2D eigenvalue weighted by molar-refractivity contribution is -0.159. The highest BCUT2D eigenvalue weighted by molar-refractivity contribution is 5.98. The molecule has 2 N–H and O–H groups in total. The van der Waals surface area contributed by atoms with Crippen molar-refractivity contribution in [2.24, 2.45) is 17.8 Å². The Balaban J connectivity index is 1.80. The Hall–Kier alpha value is -2.71. The first-order valence-corrected chi connectivity index (χ1v) is 12.4. The Bertz CT molecular complexity index is 997. The summed E-state index contributed by atoms with van der Waals surface area (Å²) < 4.78 is 6.46. The maximum absolute atomic E-state index is 14.3. The number of carboxylic acid groups (broad SMARTS) is 1. The van der Waals surface area contributed by atoms with Crippen LogP contribution in [-0.4, -0.2) is 74.2 Å². The molecule has 3 aliphatic heterocycles. The van der Waals surface area contributed by atoms with Crippen LogP contribution in [0.25, 0.3) is 0 Å². The van der Waals surface area contributed by atoms with Gasteiger partial charge < -0.3 is 24.7 Å². The lowest BCUT2D eigenvalue weighted by Gasteiger charge is -2.40. The quantitative estimate of drug-likeness (QED) is 0.494. The number of rotatable bonds is 10. The molecule has 4 rings (SSSR count). The fourth-order valence-corrected chi connectivity index (χ4v) is 6.60. The highest BCUT2D eigenvalue weighted by atomic mass is 16.5. The number of hydrogen-bond donors (Lipinski definition) is 2. The maximum Gasteiger partial charge on any atom is 0.310 e. The van der Waals surface area contributed by atoms with Crippen molar-refractivity contribution in [1.29, 1.82) is 0 Å². The SMILES string of the molecule is C=CCN(Cc1ccccc1)C(=O)C1N([C@@H](CO)CC(C)C)C(=O)[C@@H]2[C@@H](C(=O)O)[C@@]3(C)CCC12O3. The van der Waals surface area contributed by atoms with Crippen molar-refractivity contribution >= 4 is 17.8 Å². The highest BCUT2D eigenvalue weighted by Gasteiger charge is 2.78. The molecular formula is C27H36N2O6. The number of fused-ring (bicyclic) bond motifs is 1. The number of benzene rings is 1. The molecule has 190 valence electrons. The Kier molecular flexibility index (Phi) is 6.81. The van der Waals surface area contributed by atoms with Crippen LogP contribution in [0.5, 0.6) is 0 Å². The molecule has 0 aliphatic carbocycles. The van der Waals surface area contributed by atoms with Gasteiger partial charge in [-0.15, -0.1) is 6.58 Å². The van der Waals surface area contributed by atoms with Crippen LogP contribution >= 0.6 is 0 Å². The molecule has 0 aromatic heterocycles. The minimum Gasteiger partial charge on any atom is -0.481 e. The van der Waals surface area contributed by atoms with Gasteiger partial charge in [0, 0.05) is 13.1 Å². The fourth-order valence-electron chi connectivity index (χ4n) is 6.60. The van der Waals surface area contributed by atoms with E-state index in [-0.39, 0.29) is 25.0 Å². The zero-order valence-corrected chi connectivity index (χ0v) is 20.7. The molecular weight excluding hydrogens is 448 g/mol. The zero-order valence-electron chi connectivity index (χ0n) is 20.7. The average molecular weight is 485 g/mol. The summed E-state index contributed by atoms with van der Waals surface area (Å²) in [4.78, 5) is 43.7. The number of hydrogen-bond acceptors (Lipinski definition) is 5. The van der Waals surface area contributed by atoms with Crippen molar-refractivity contribution in [2.75, 3.05) is 13.2 Å². The number of aliphatic carboxylic acids is 1. The molecule has 8 heteroatoms. The Labute approximate surface area is 206 Å². The van der Waals surface area contributed by atoms with Crippen LogP contribution in [0.4, 0.5) is 0 Å². The third-order valence-corrected chi connectivity index (χ3v) is 7.94. The van der Waals surface area contributed by atoms with Crippen LogP contribution < -0.4 is 0 Å². The molecule has 6 atom stereocenters. The minimum atomic E-state index is -1.23. The van der Waals surface area contributed by atoms with Gasteiger partial charge in [-0.05, 0) is 37.7 Å². The normalized spacial score (nSPS) is 32.1. The van der Waals surface area contributed by atoms with E-state index in [0.717, 1.165) is 5.56 Å². The highest BCUT2D eigenvalue weighted by Crippen LogP contribution is 2.63. The fraction of sp³-hybridized carbons (Fsp3) is 0.593. The Morgan fingerprint density at radius 3 is 2.54 bits per heavy atom. The summed E-state index contributed by atoms with van der Waals surface area (Å²) in [6.07, 6.45) is 3.01. The number of carboxylic acids is 1. The van der Waals surface area contributed by atoms with Gasteiger partial charge in [0.15, 0.2) is 0 Å². The van der Waals surface area contributed by atoms with E-state index in [2.05, 4.69) is 6.58 Å². The van der Waals surface area contributed by atoms with Crippen molar-refractivity contribution in [2.45, 2.75) is 69.9 Å². The van der Waals surface area contributed by atoms with E-state index in [1.165, 1.54) is 4.90 Å². The molecule has 0 radical (unpaired) electrons. The molecule has 0 saturated carbocycles. The molecule has 1 aromatic carbocycles. The molecule has 35 heavy (non-hydrogen) atoms. The van der Waals surface area contributed by atoms with Crippen molar-refractivity contribution in [3.63, 3.8) is 0 Å². The third-order valence-electron chi connectivity index (χ3n) is 7.94.